The van der Waals surface area contributed by atoms with Crippen molar-refractivity contribution in [2.75, 3.05) is 18.9 Å². The number of amides is 1. The van der Waals surface area contributed by atoms with Crippen molar-refractivity contribution in [2.45, 2.75) is 18.9 Å². The molecule has 0 aromatic carbocycles. The third-order valence-electron chi connectivity index (χ3n) is 2.78. The van der Waals surface area contributed by atoms with Gasteiger partial charge in [-0.15, -0.1) is 0 Å². The quantitative estimate of drug-likeness (QED) is 0.911. The number of rotatable bonds is 2. The number of aromatic nitrogens is 1. The van der Waals surface area contributed by atoms with E-state index < -0.39 is 0 Å². The van der Waals surface area contributed by atoms with Crippen molar-refractivity contribution < 1.29 is 4.79 Å². The Hall–Kier alpha value is -0.810. The summed E-state index contributed by atoms with van der Waals surface area (Å²) in [5.41, 5.74) is 0. The lowest BCUT2D eigenvalue weighted by Gasteiger charge is -2.30. The molecule has 1 fully saturated rings. The van der Waals surface area contributed by atoms with E-state index in [0.29, 0.717) is 18.0 Å². The molecule has 6 heteroatoms. The molecule has 4 nitrogen and oxygen atoms in total. The summed E-state index contributed by atoms with van der Waals surface area (Å²) in [6.45, 7) is 0.704. The van der Waals surface area contributed by atoms with E-state index >= 15 is 0 Å². The predicted octanol–water partition coefficient (Wildman–Crippen LogP) is 2.53. The van der Waals surface area contributed by atoms with Crippen LogP contribution in [0.15, 0.2) is 16.7 Å². The standard InChI is InChI=1S/C11H13BrClN3O/c1-16-6-8(2-3-10(16)17)15-11-9(12)4-7(13)5-14-11/h4-5,8H,2-3,6H2,1H3,(H,14,15). The molecule has 2 rings (SSSR count). The molecule has 1 atom stereocenters. The fourth-order valence-corrected chi connectivity index (χ4v) is 2.60. The van der Waals surface area contributed by atoms with E-state index in [-0.39, 0.29) is 11.9 Å². The molecule has 0 spiro atoms. The summed E-state index contributed by atoms with van der Waals surface area (Å²) in [6.07, 6.45) is 3.02. The second-order valence-corrected chi connectivity index (χ2v) is 5.43. The maximum absolute atomic E-state index is 11.4. The minimum Gasteiger partial charge on any atom is -0.365 e. The van der Waals surface area contributed by atoms with Crippen LogP contribution in [0.3, 0.4) is 0 Å². The van der Waals surface area contributed by atoms with Crippen LogP contribution in [-0.2, 0) is 4.79 Å². The van der Waals surface area contributed by atoms with Crippen molar-refractivity contribution in [3.05, 3.63) is 21.8 Å². The van der Waals surface area contributed by atoms with E-state index in [2.05, 4.69) is 26.2 Å². The van der Waals surface area contributed by atoms with Crippen LogP contribution >= 0.6 is 27.5 Å². The third-order valence-corrected chi connectivity index (χ3v) is 3.59. The molecule has 17 heavy (non-hydrogen) atoms. The van der Waals surface area contributed by atoms with Crippen LogP contribution in [0.4, 0.5) is 5.82 Å². The normalized spacial score (nSPS) is 20.5. The molecule has 0 aliphatic carbocycles. The van der Waals surface area contributed by atoms with Crippen LogP contribution in [0, 0.1) is 0 Å². The molecule has 1 aliphatic heterocycles. The molecule has 1 unspecified atom stereocenters. The number of hydrogen-bond acceptors (Lipinski definition) is 3. The average molecular weight is 319 g/mol. The highest BCUT2D eigenvalue weighted by atomic mass is 79.9. The van der Waals surface area contributed by atoms with Gasteiger partial charge in [-0.25, -0.2) is 4.98 Å². The Kier molecular flexibility index (Phi) is 3.89. The lowest BCUT2D eigenvalue weighted by Crippen LogP contribution is -2.43. The van der Waals surface area contributed by atoms with E-state index in [1.165, 1.54) is 0 Å². The van der Waals surface area contributed by atoms with Gasteiger partial charge in [-0.1, -0.05) is 11.6 Å². The van der Waals surface area contributed by atoms with Crippen LogP contribution in [0.1, 0.15) is 12.8 Å². The number of likely N-dealkylation sites (tertiary alicyclic amines) is 1. The maximum Gasteiger partial charge on any atom is 0.222 e. The van der Waals surface area contributed by atoms with Gasteiger partial charge < -0.3 is 10.2 Å². The molecule has 0 radical (unpaired) electrons. The Morgan fingerprint density at radius 1 is 1.65 bits per heavy atom. The van der Waals surface area contributed by atoms with Gasteiger partial charge >= 0.3 is 0 Å². The minimum atomic E-state index is 0.200. The van der Waals surface area contributed by atoms with Gasteiger partial charge in [0.05, 0.1) is 9.50 Å². The summed E-state index contributed by atoms with van der Waals surface area (Å²) in [6, 6.07) is 2.04. The number of carbonyl (C=O) groups is 1. The zero-order valence-electron chi connectivity index (χ0n) is 9.41. The Labute approximate surface area is 113 Å². The number of nitrogens with one attached hydrogen (secondary N) is 1. The van der Waals surface area contributed by atoms with Gasteiger partial charge in [0.1, 0.15) is 5.82 Å². The molecule has 92 valence electrons. The van der Waals surface area contributed by atoms with E-state index in [9.17, 15) is 4.79 Å². The number of hydrogen-bond donors (Lipinski definition) is 1. The first-order valence-corrected chi connectivity index (χ1v) is 6.55. The molecule has 1 amide bonds. The van der Waals surface area contributed by atoms with Crippen LogP contribution in [0.5, 0.6) is 0 Å². The van der Waals surface area contributed by atoms with E-state index in [1.807, 2.05) is 7.05 Å². The highest BCUT2D eigenvalue weighted by Crippen LogP contribution is 2.25. The van der Waals surface area contributed by atoms with E-state index in [0.717, 1.165) is 16.7 Å². The van der Waals surface area contributed by atoms with Gasteiger partial charge in [0.25, 0.3) is 0 Å². The molecule has 1 aromatic heterocycles. The summed E-state index contributed by atoms with van der Waals surface area (Å²) in [5.74, 6) is 0.966. The lowest BCUT2D eigenvalue weighted by molar-refractivity contribution is -0.132. The van der Waals surface area contributed by atoms with E-state index in [4.69, 9.17) is 11.6 Å². The summed E-state index contributed by atoms with van der Waals surface area (Å²) in [4.78, 5) is 17.3. The third kappa shape index (κ3) is 3.10. The zero-order chi connectivity index (χ0) is 12.4. The average Bonchev–Trinajstić information content (AvgIpc) is 2.27. The minimum absolute atomic E-state index is 0.200. The summed E-state index contributed by atoms with van der Waals surface area (Å²) in [7, 11) is 1.82. The number of halogens is 2. The Balaban J connectivity index is 2.03. The predicted molar refractivity (Wildman–Crippen MR) is 71.2 cm³/mol. The van der Waals surface area contributed by atoms with Gasteiger partial charge in [-0.05, 0) is 28.4 Å². The van der Waals surface area contributed by atoms with E-state index in [1.54, 1.807) is 17.2 Å². The topological polar surface area (TPSA) is 45.2 Å². The first-order chi connectivity index (χ1) is 8.06. The van der Waals surface area contributed by atoms with Crippen LogP contribution in [-0.4, -0.2) is 35.4 Å². The van der Waals surface area contributed by atoms with Crippen molar-refractivity contribution in [3.8, 4) is 0 Å². The summed E-state index contributed by atoms with van der Waals surface area (Å²) >= 11 is 9.24. The lowest BCUT2D eigenvalue weighted by atomic mass is 10.1. The number of nitrogens with zero attached hydrogens (tertiary/aromatic N) is 2. The van der Waals surface area contributed by atoms with Crippen molar-refractivity contribution in [1.82, 2.24) is 9.88 Å². The number of piperidine rings is 1. The molecule has 2 heterocycles. The van der Waals surface area contributed by atoms with Gasteiger partial charge in [-0.2, -0.15) is 0 Å². The van der Waals surface area contributed by atoms with Crippen molar-refractivity contribution in [2.24, 2.45) is 0 Å². The van der Waals surface area contributed by atoms with Crippen molar-refractivity contribution in [1.29, 1.82) is 0 Å². The van der Waals surface area contributed by atoms with Crippen LogP contribution in [0.2, 0.25) is 5.02 Å². The van der Waals surface area contributed by atoms with Gasteiger partial charge in [0.2, 0.25) is 5.91 Å². The molecular weight excluding hydrogens is 305 g/mol. The molecule has 1 aromatic rings. The highest BCUT2D eigenvalue weighted by Gasteiger charge is 2.23. The fourth-order valence-electron chi connectivity index (χ4n) is 1.84. The number of likely N-dealkylation sites (N-methyl/N-ethyl adjacent to an activating group) is 1. The van der Waals surface area contributed by atoms with Crippen molar-refractivity contribution >= 4 is 39.3 Å². The van der Waals surface area contributed by atoms with Crippen LogP contribution < -0.4 is 5.32 Å². The Morgan fingerprint density at radius 2 is 2.41 bits per heavy atom. The molecular formula is C11H13BrClN3O. The summed E-state index contributed by atoms with van der Waals surface area (Å²) < 4.78 is 0.838. The van der Waals surface area contributed by atoms with Gasteiger partial charge in [-0.3, -0.25) is 4.79 Å². The molecule has 1 aliphatic rings. The summed E-state index contributed by atoms with van der Waals surface area (Å²) in [5, 5.41) is 3.91. The fraction of sp³-hybridized carbons (Fsp3) is 0.455. The Bertz CT molecular complexity index is 441. The molecule has 1 N–H and O–H groups in total. The maximum atomic E-state index is 11.4. The first kappa shape index (κ1) is 12.6. The SMILES string of the molecule is CN1CC(Nc2ncc(Cl)cc2Br)CCC1=O. The molecule has 0 saturated carbocycles. The zero-order valence-corrected chi connectivity index (χ0v) is 11.8. The number of carbonyl (C=O) groups excluding carboxylic acids is 1. The van der Waals surface area contributed by atoms with Gasteiger partial charge in [0.15, 0.2) is 0 Å². The second-order valence-electron chi connectivity index (χ2n) is 4.14. The second kappa shape index (κ2) is 5.23. The number of anilines is 1. The molecule has 0 bridgehead atoms. The smallest absolute Gasteiger partial charge is 0.222 e. The van der Waals surface area contributed by atoms with Crippen LogP contribution in [0.25, 0.3) is 0 Å². The first-order valence-electron chi connectivity index (χ1n) is 5.38. The largest absolute Gasteiger partial charge is 0.365 e. The molecule has 1 saturated heterocycles. The Morgan fingerprint density at radius 3 is 3.06 bits per heavy atom. The van der Waals surface area contributed by atoms with Crippen molar-refractivity contribution in [3.63, 3.8) is 0 Å². The highest BCUT2D eigenvalue weighted by molar-refractivity contribution is 9.10. The monoisotopic (exact) mass is 317 g/mol. The van der Waals surface area contributed by atoms with Gasteiger partial charge in [0, 0.05) is 32.3 Å². The number of pyridine rings is 1.